The zero-order valence-electron chi connectivity index (χ0n) is 14.0. The Bertz CT molecular complexity index is 575. The van der Waals surface area contributed by atoms with Crippen LogP contribution in [0.25, 0.3) is 5.69 Å². The molecular formula is C18H27N3O. The second-order valence-corrected chi connectivity index (χ2v) is 6.35. The molecule has 0 bridgehead atoms. The van der Waals surface area contributed by atoms with Crippen LogP contribution in [0.5, 0.6) is 0 Å². The standard InChI is InChI=1S/C18H27N3O/c1-14(2)18-16(12-20(4)11-10-15(3)22)13-21(19-18)17-8-6-5-7-9-17/h5-9,13-15,22H,10-12H2,1-4H3. The van der Waals surface area contributed by atoms with Crippen LogP contribution in [0.3, 0.4) is 0 Å². The van der Waals surface area contributed by atoms with Crippen LogP contribution in [-0.2, 0) is 6.54 Å². The van der Waals surface area contributed by atoms with Gasteiger partial charge in [-0.1, -0.05) is 32.0 Å². The second-order valence-electron chi connectivity index (χ2n) is 6.35. The van der Waals surface area contributed by atoms with E-state index in [2.05, 4.69) is 44.1 Å². The minimum Gasteiger partial charge on any atom is -0.393 e. The van der Waals surface area contributed by atoms with Crippen molar-refractivity contribution >= 4 is 0 Å². The summed E-state index contributed by atoms with van der Waals surface area (Å²) in [5.74, 6) is 0.394. The lowest BCUT2D eigenvalue weighted by Gasteiger charge is -2.17. The van der Waals surface area contributed by atoms with E-state index < -0.39 is 0 Å². The minimum atomic E-state index is -0.251. The Hall–Kier alpha value is -1.65. The normalized spacial score (nSPS) is 13.0. The Morgan fingerprint density at radius 1 is 1.18 bits per heavy atom. The first-order valence-electron chi connectivity index (χ1n) is 7.98. The molecule has 1 N–H and O–H groups in total. The first-order valence-corrected chi connectivity index (χ1v) is 7.98. The monoisotopic (exact) mass is 301 g/mol. The van der Waals surface area contributed by atoms with Gasteiger partial charge in [0.25, 0.3) is 0 Å². The molecule has 22 heavy (non-hydrogen) atoms. The molecule has 1 unspecified atom stereocenters. The maximum absolute atomic E-state index is 9.42. The minimum absolute atomic E-state index is 0.251. The smallest absolute Gasteiger partial charge is 0.0699 e. The molecule has 1 atom stereocenters. The lowest BCUT2D eigenvalue weighted by atomic mass is 10.1. The molecule has 0 amide bonds. The molecule has 1 aromatic carbocycles. The Morgan fingerprint density at radius 3 is 2.45 bits per heavy atom. The van der Waals surface area contributed by atoms with Gasteiger partial charge in [-0.3, -0.25) is 0 Å². The van der Waals surface area contributed by atoms with Gasteiger partial charge in [0.05, 0.1) is 17.5 Å². The molecule has 0 spiro atoms. The van der Waals surface area contributed by atoms with E-state index in [0.29, 0.717) is 5.92 Å². The van der Waals surface area contributed by atoms with Gasteiger partial charge in [0.15, 0.2) is 0 Å². The molecular weight excluding hydrogens is 274 g/mol. The molecule has 2 aromatic rings. The van der Waals surface area contributed by atoms with E-state index >= 15 is 0 Å². The fraction of sp³-hybridized carbons (Fsp3) is 0.500. The van der Waals surface area contributed by atoms with Gasteiger partial charge in [-0.05, 0) is 38.4 Å². The van der Waals surface area contributed by atoms with Gasteiger partial charge in [0, 0.05) is 24.8 Å². The number of nitrogens with zero attached hydrogens (tertiary/aromatic N) is 3. The van der Waals surface area contributed by atoms with E-state index in [9.17, 15) is 5.11 Å². The molecule has 0 aliphatic heterocycles. The Morgan fingerprint density at radius 2 is 1.86 bits per heavy atom. The molecule has 0 aliphatic rings. The molecule has 0 fully saturated rings. The predicted molar refractivity (Wildman–Crippen MR) is 90.3 cm³/mol. The van der Waals surface area contributed by atoms with Crippen molar-refractivity contribution in [3.8, 4) is 5.69 Å². The quantitative estimate of drug-likeness (QED) is 0.854. The summed E-state index contributed by atoms with van der Waals surface area (Å²) in [6, 6.07) is 10.2. The third-order valence-corrected chi connectivity index (χ3v) is 3.76. The summed E-state index contributed by atoms with van der Waals surface area (Å²) in [5.41, 5.74) is 3.49. The highest BCUT2D eigenvalue weighted by atomic mass is 16.3. The molecule has 0 saturated heterocycles. The van der Waals surface area contributed by atoms with Crippen molar-refractivity contribution in [2.45, 2.75) is 45.8 Å². The van der Waals surface area contributed by atoms with Gasteiger partial charge in [-0.15, -0.1) is 0 Å². The van der Waals surface area contributed by atoms with E-state index in [1.54, 1.807) is 0 Å². The summed E-state index contributed by atoms with van der Waals surface area (Å²) in [6.45, 7) is 7.92. The summed E-state index contributed by atoms with van der Waals surface area (Å²) >= 11 is 0. The Kier molecular flexibility index (Phi) is 5.75. The Balaban J connectivity index is 2.17. The Labute approximate surface area is 133 Å². The molecule has 0 saturated carbocycles. The highest BCUT2D eigenvalue weighted by Gasteiger charge is 2.15. The SMILES string of the molecule is CC(O)CCN(C)Cc1cn(-c2ccccc2)nc1C(C)C. The van der Waals surface area contributed by atoms with Gasteiger partial charge in [0.1, 0.15) is 0 Å². The number of aliphatic hydroxyl groups excluding tert-OH is 1. The summed E-state index contributed by atoms with van der Waals surface area (Å²) < 4.78 is 1.97. The van der Waals surface area contributed by atoms with Crippen molar-refractivity contribution in [2.24, 2.45) is 0 Å². The van der Waals surface area contributed by atoms with E-state index in [0.717, 1.165) is 30.9 Å². The molecule has 2 rings (SSSR count). The van der Waals surface area contributed by atoms with Crippen molar-refractivity contribution in [3.63, 3.8) is 0 Å². The molecule has 4 heteroatoms. The maximum Gasteiger partial charge on any atom is 0.0699 e. The number of para-hydroxylation sites is 1. The number of benzene rings is 1. The van der Waals surface area contributed by atoms with Crippen LogP contribution >= 0.6 is 0 Å². The van der Waals surface area contributed by atoms with Crippen LogP contribution in [0.2, 0.25) is 0 Å². The van der Waals surface area contributed by atoms with Gasteiger partial charge in [0.2, 0.25) is 0 Å². The first kappa shape index (κ1) is 16.7. The fourth-order valence-electron chi connectivity index (χ4n) is 2.52. The van der Waals surface area contributed by atoms with Gasteiger partial charge in [-0.2, -0.15) is 5.10 Å². The number of hydrogen-bond donors (Lipinski definition) is 1. The summed E-state index contributed by atoms with van der Waals surface area (Å²) in [5, 5.41) is 14.2. The molecule has 1 heterocycles. The van der Waals surface area contributed by atoms with Crippen LogP contribution in [-0.4, -0.2) is 39.5 Å². The van der Waals surface area contributed by atoms with Crippen LogP contribution in [0.15, 0.2) is 36.5 Å². The third-order valence-electron chi connectivity index (χ3n) is 3.76. The average molecular weight is 301 g/mol. The maximum atomic E-state index is 9.42. The van der Waals surface area contributed by atoms with Crippen molar-refractivity contribution < 1.29 is 5.11 Å². The average Bonchev–Trinajstić information content (AvgIpc) is 2.90. The van der Waals surface area contributed by atoms with E-state index in [1.807, 2.05) is 29.8 Å². The zero-order chi connectivity index (χ0) is 16.1. The number of aromatic nitrogens is 2. The van der Waals surface area contributed by atoms with Crippen LogP contribution in [0.1, 0.15) is 44.4 Å². The van der Waals surface area contributed by atoms with Gasteiger partial charge in [-0.25, -0.2) is 4.68 Å². The largest absolute Gasteiger partial charge is 0.393 e. The number of hydrogen-bond acceptors (Lipinski definition) is 3. The lowest BCUT2D eigenvalue weighted by molar-refractivity contribution is 0.163. The molecule has 1 aromatic heterocycles. The summed E-state index contributed by atoms with van der Waals surface area (Å²) in [7, 11) is 2.09. The summed E-state index contributed by atoms with van der Waals surface area (Å²) in [4.78, 5) is 2.24. The van der Waals surface area contributed by atoms with Crippen LogP contribution < -0.4 is 0 Å². The lowest BCUT2D eigenvalue weighted by Crippen LogP contribution is -2.22. The molecule has 0 radical (unpaired) electrons. The fourth-order valence-corrected chi connectivity index (χ4v) is 2.52. The van der Waals surface area contributed by atoms with Crippen molar-refractivity contribution in [1.82, 2.24) is 14.7 Å². The van der Waals surface area contributed by atoms with Crippen LogP contribution in [0, 0.1) is 0 Å². The van der Waals surface area contributed by atoms with Crippen molar-refractivity contribution in [3.05, 3.63) is 47.8 Å². The first-order chi connectivity index (χ1) is 10.5. The second kappa shape index (κ2) is 7.56. The van der Waals surface area contributed by atoms with Gasteiger partial charge < -0.3 is 10.0 Å². The topological polar surface area (TPSA) is 41.3 Å². The zero-order valence-corrected chi connectivity index (χ0v) is 14.0. The van der Waals surface area contributed by atoms with E-state index in [4.69, 9.17) is 5.10 Å². The predicted octanol–water partition coefficient (Wildman–Crippen LogP) is 3.20. The van der Waals surface area contributed by atoms with E-state index in [-0.39, 0.29) is 6.10 Å². The highest BCUT2D eigenvalue weighted by molar-refractivity contribution is 5.33. The van der Waals surface area contributed by atoms with Gasteiger partial charge >= 0.3 is 0 Å². The van der Waals surface area contributed by atoms with Crippen molar-refractivity contribution in [1.29, 1.82) is 0 Å². The molecule has 4 nitrogen and oxygen atoms in total. The van der Waals surface area contributed by atoms with E-state index in [1.165, 1.54) is 5.56 Å². The van der Waals surface area contributed by atoms with Crippen molar-refractivity contribution in [2.75, 3.05) is 13.6 Å². The molecule has 120 valence electrons. The highest BCUT2D eigenvalue weighted by Crippen LogP contribution is 2.21. The third kappa shape index (κ3) is 4.42. The summed E-state index contributed by atoms with van der Waals surface area (Å²) in [6.07, 6.45) is 2.67. The number of rotatable bonds is 7. The molecule has 0 aliphatic carbocycles. The number of aliphatic hydroxyl groups is 1. The van der Waals surface area contributed by atoms with Crippen LogP contribution in [0.4, 0.5) is 0 Å².